The molecule has 1 rings (SSSR count). The average Bonchev–Trinajstić information content (AvgIpc) is 3.28. The molecule has 0 aromatic heterocycles. The Morgan fingerprint density at radius 2 is 1.03 bits per heavy atom. The number of aliphatic hydroxyl groups is 4. The van der Waals surface area contributed by atoms with Crippen LogP contribution in [0.5, 0.6) is 0 Å². The molecule has 0 radical (unpaired) electrons. The van der Waals surface area contributed by atoms with E-state index in [-0.39, 0.29) is 18.9 Å². The quantitative estimate of drug-likeness (QED) is 0.0193. The fourth-order valence-electron chi connectivity index (χ4n) is 8.31. The molecule has 13 heteroatoms. The van der Waals surface area contributed by atoms with E-state index in [1.165, 1.54) is 154 Å². The fraction of sp³-hybridized carbons (Fsp3) is 0.865. The fourth-order valence-corrected chi connectivity index (χ4v) is 8.82. The number of unbranched alkanes of at least 4 members (excludes halogenated alkanes) is 29. The lowest BCUT2D eigenvalue weighted by Gasteiger charge is -2.41. The van der Waals surface area contributed by atoms with Crippen LogP contribution in [-0.2, 0) is 28.9 Å². The van der Waals surface area contributed by atoms with Gasteiger partial charge in [0.1, 0.15) is 24.4 Å². The molecule has 1 aliphatic rings. The summed E-state index contributed by atoms with van der Waals surface area (Å²) in [6.07, 6.45) is 43.6. The predicted octanol–water partition coefficient (Wildman–Crippen LogP) is 11.4. The van der Waals surface area contributed by atoms with Crippen LogP contribution in [0.3, 0.4) is 0 Å². The van der Waals surface area contributed by atoms with Crippen LogP contribution in [0.4, 0.5) is 0 Å². The van der Waals surface area contributed by atoms with Crippen LogP contribution < -0.4 is 5.32 Å². The molecule has 7 atom stereocenters. The number of hydrogen-bond donors (Lipinski definition) is 6. The van der Waals surface area contributed by atoms with E-state index in [0.717, 1.165) is 51.4 Å². The Balaban J connectivity index is 2.26. The summed E-state index contributed by atoms with van der Waals surface area (Å²) in [5.74, 6) is -0.265. The molecule has 1 saturated heterocycles. The van der Waals surface area contributed by atoms with Gasteiger partial charge in [-0.05, 0) is 51.4 Å². The number of hydrogen-bond acceptors (Lipinski definition) is 10. The summed E-state index contributed by atoms with van der Waals surface area (Å²) in [7, 11) is -5.08. The van der Waals surface area contributed by atoms with Crippen molar-refractivity contribution in [2.24, 2.45) is 0 Å². The van der Waals surface area contributed by atoms with Crippen LogP contribution in [0.1, 0.15) is 232 Å². The average molecular weight is 944 g/mol. The lowest BCUT2D eigenvalue weighted by Crippen LogP contribution is -2.61. The molecule has 12 nitrogen and oxygen atoms in total. The highest BCUT2D eigenvalue weighted by Crippen LogP contribution is 2.26. The van der Waals surface area contributed by atoms with Gasteiger partial charge in [0.2, 0.25) is 5.91 Å². The zero-order valence-electron chi connectivity index (χ0n) is 41.1. The van der Waals surface area contributed by atoms with Crippen LogP contribution in [0.2, 0.25) is 0 Å². The summed E-state index contributed by atoms with van der Waals surface area (Å²) in [6, 6.07) is -0.942. The van der Waals surface area contributed by atoms with Crippen LogP contribution in [0.15, 0.2) is 36.5 Å². The SMILES string of the molecule is CCCCCCCCC/C=C/C(O)C(COC1OC(CO)C(O)C(OS(=O)(=O)O)C1O)NC(=O)CCCCCCCCCCCCCCC/C=C\C/C=C\CCCCCCCCCCC. The van der Waals surface area contributed by atoms with E-state index in [1.807, 2.05) is 6.08 Å². The van der Waals surface area contributed by atoms with Gasteiger partial charge in [-0.1, -0.05) is 211 Å². The Morgan fingerprint density at radius 3 is 1.46 bits per heavy atom. The number of carbonyl (C=O) groups is 1. The van der Waals surface area contributed by atoms with Crippen molar-refractivity contribution in [2.45, 2.75) is 275 Å². The topological polar surface area (TPSA) is 192 Å². The minimum Gasteiger partial charge on any atom is -0.394 e. The van der Waals surface area contributed by atoms with Crippen molar-refractivity contribution in [1.29, 1.82) is 0 Å². The van der Waals surface area contributed by atoms with E-state index in [0.29, 0.717) is 6.42 Å². The Labute approximate surface area is 396 Å². The van der Waals surface area contributed by atoms with E-state index in [1.54, 1.807) is 6.08 Å². The first-order valence-electron chi connectivity index (χ1n) is 26.4. The second-order valence-corrected chi connectivity index (χ2v) is 19.5. The lowest BCUT2D eigenvalue weighted by molar-refractivity contribution is -0.298. The van der Waals surface area contributed by atoms with Crippen molar-refractivity contribution >= 4 is 16.3 Å². The van der Waals surface area contributed by atoms with Gasteiger partial charge in [-0.15, -0.1) is 0 Å². The summed E-state index contributed by atoms with van der Waals surface area (Å²) in [5.41, 5.74) is 0. The second-order valence-electron chi connectivity index (χ2n) is 18.5. The largest absolute Gasteiger partial charge is 0.397 e. The molecular weight excluding hydrogens is 847 g/mol. The van der Waals surface area contributed by atoms with Gasteiger partial charge in [-0.25, -0.2) is 4.18 Å². The molecule has 6 N–H and O–H groups in total. The first kappa shape index (κ1) is 61.3. The highest BCUT2D eigenvalue weighted by Gasteiger charge is 2.48. The van der Waals surface area contributed by atoms with Gasteiger partial charge in [0.25, 0.3) is 0 Å². The molecule has 0 saturated carbocycles. The van der Waals surface area contributed by atoms with Crippen molar-refractivity contribution in [2.75, 3.05) is 13.2 Å². The Morgan fingerprint density at radius 1 is 0.615 bits per heavy atom. The van der Waals surface area contributed by atoms with Crippen LogP contribution in [0.25, 0.3) is 0 Å². The second kappa shape index (κ2) is 42.4. The third-order valence-electron chi connectivity index (χ3n) is 12.4. The molecule has 0 aromatic rings. The van der Waals surface area contributed by atoms with Gasteiger partial charge in [0.05, 0.1) is 25.4 Å². The van der Waals surface area contributed by atoms with Crippen LogP contribution in [0, 0.1) is 0 Å². The Kier molecular flexibility index (Phi) is 40.0. The molecule has 0 spiro atoms. The molecule has 382 valence electrons. The van der Waals surface area contributed by atoms with Gasteiger partial charge in [-0.3, -0.25) is 9.35 Å². The first-order chi connectivity index (χ1) is 31.5. The molecule has 1 aliphatic heterocycles. The number of nitrogens with one attached hydrogen (secondary N) is 1. The Hall–Kier alpha value is -1.68. The minimum atomic E-state index is -5.08. The van der Waals surface area contributed by atoms with E-state index < -0.39 is 59.9 Å². The van der Waals surface area contributed by atoms with E-state index in [2.05, 4.69) is 47.7 Å². The van der Waals surface area contributed by atoms with Crippen LogP contribution >= 0.6 is 0 Å². The maximum Gasteiger partial charge on any atom is 0.397 e. The van der Waals surface area contributed by atoms with Gasteiger partial charge in [0.15, 0.2) is 6.29 Å². The molecule has 0 aromatic carbocycles. The summed E-state index contributed by atoms with van der Waals surface area (Å²) in [4.78, 5) is 13.0. The number of aliphatic hydroxyl groups excluding tert-OH is 4. The van der Waals surface area contributed by atoms with Gasteiger partial charge >= 0.3 is 10.4 Å². The van der Waals surface area contributed by atoms with Crippen molar-refractivity contribution < 1.29 is 51.8 Å². The molecule has 1 heterocycles. The Bertz CT molecular complexity index is 1300. The van der Waals surface area contributed by atoms with Crippen molar-refractivity contribution in [3.63, 3.8) is 0 Å². The van der Waals surface area contributed by atoms with Gasteiger partial charge in [-0.2, -0.15) is 8.42 Å². The van der Waals surface area contributed by atoms with Crippen molar-refractivity contribution in [3.8, 4) is 0 Å². The molecule has 1 fully saturated rings. The normalized spacial score (nSPS) is 20.4. The highest BCUT2D eigenvalue weighted by atomic mass is 32.3. The summed E-state index contributed by atoms with van der Waals surface area (Å²) >= 11 is 0. The van der Waals surface area contributed by atoms with Crippen molar-refractivity contribution in [3.05, 3.63) is 36.5 Å². The molecule has 0 bridgehead atoms. The predicted molar refractivity (Wildman–Crippen MR) is 264 cm³/mol. The molecule has 1 amide bonds. The number of amides is 1. The molecular formula is C52H97NO11S. The third-order valence-corrected chi connectivity index (χ3v) is 12.9. The number of ether oxygens (including phenoxy) is 2. The zero-order chi connectivity index (χ0) is 47.6. The first-order valence-corrected chi connectivity index (χ1v) is 27.7. The maximum atomic E-state index is 13.0. The third kappa shape index (κ3) is 35.1. The monoisotopic (exact) mass is 944 g/mol. The van der Waals surface area contributed by atoms with Crippen LogP contribution in [-0.4, -0.2) is 95.4 Å². The number of carbonyl (C=O) groups excluding carboxylic acids is 1. The van der Waals surface area contributed by atoms with Crippen molar-refractivity contribution in [1.82, 2.24) is 5.32 Å². The highest BCUT2D eigenvalue weighted by molar-refractivity contribution is 7.80. The summed E-state index contributed by atoms with van der Waals surface area (Å²) < 4.78 is 47.6. The van der Waals surface area contributed by atoms with E-state index in [4.69, 9.17) is 9.47 Å². The maximum absolute atomic E-state index is 13.0. The summed E-state index contributed by atoms with van der Waals surface area (Å²) in [5, 5.41) is 44.6. The van der Waals surface area contributed by atoms with Gasteiger partial charge in [0, 0.05) is 6.42 Å². The minimum absolute atomic E-state index is 0.265. The smallest absolute Gasteiger partial charge is 0.394 e. The lowest BCUT2D eigenvalue weighted by atomic mass is 9.99. The standard InChI is InChI=1S/C52H97NO11S/c1-3-5-7-9-11-13-14-15-16-17-18-19-20-21-22-23-24-25-26-27-28-29-30-31-32-34-36-38-40-42-48(56)53-45(46(55)41-39-37-35-33-12-10-8-6-4-2)44-62-52-50(58)51(64-65(59,60)61)49(57)47(43-54)63-52/h18-19,21-22,39,41,45-47,49-52,54-55,57-58H,3-17,20,23-38,40,42-44H2,1-2H3,(H,53,56)(H,59,60,61)/b19-18-,22-21-,41-39+. The number of rotatable bonds is 45. The van der Waals surface area contributed by atoms with Gasteiger partial charge < -0.3 is 35.2 Å². The molecule has 65 heavy (non-hydrogen) atoms. The van der Waals surface area contributed by atoms with E-state index >= 15 is 0 Å². The number of allylic oxidation sites excluding steroid dienone is 5. The van der Waals surface area contributed by atoms with E-state index in [9.17, 15) is 38.2 Å². The zero-order valence-corrected chi connectivity index (χ0v) is 41.9. The molecule has 0 aliphatic carbocycles. The summed E-state index contributed by atoms with van der Waals surface area (Å²) in [6.45, 7) is 3.36. The molecule has 7 unspecified atom stereocenters.